The second-order valence-electron chi connectivity index (χ2n) is 3.22. The first kappa shape index (κ1) is 9.46. The van der Waals surface area contributed by atoms with E-state index in [1.54, 1.807) is 0 Å². The molecule has 0 fully saturated rings. The Morgan fingerprint density at radius 1 is 1.29 bits per heavy atom. The molecule has 2 aromatic rings. The number of benzene rings is 1. The highest BCUT2D eigenvalue weighted by Crippen LogP contribution is 2.13. The van der Waals surface area contributed by atoms with Crippen molar-refractivity contribution in [1.29, 1.82) is 0 Å². The van der Waals surface area contributed by atoms with E-state index in [4.69, 9.17) is 0 Å². The van der Waals surface area contributed by atoms with E-state index in [9.17, 15) is 0 Å². The molecular formula is C11H11BrN2. The van der Waals surface area contributed by atoms with Gasteiger partial charge < -0.3 is 4.57 Å². The molecule has 0 unspecified atom stereocenters. The minimum atomic E-state index is 0.878. The summed E-state index contributed by atoms with van der Waals surface area (Å²) >= 11 is 3.43. The molecule has 0 bridgehead atoms. The fourth-order valence-corrected chi connectivity index (χ4v) is 1.67. The minimum absolute atomic E-state index is 0.878. The Hall–Kier alpha value is -1.09. The zero-order valence-electron chi connectivity index (χ0n) is 7.94. The van der Waals surface area contributed by atoms with Crippen molar-refractivity contribution < 1.29 is 0 Å². The molecule has 1 aromatic carbocycles. The topological polar surface area (TPSA) is 17.8 Å². The number of imidazole rings is 1. The number of halogens is 1. The molecule has 2 nitrogen and oxygen atoms in total. The molecule has 1 aromatic heterocycles. The third-order valence-electron chi connectivity index (χ3n) is 2.23. The average molecular weight is 251 g/mol. The Balaban J connectivity index is 2.23. The first-order chi connectivity index (χ1) is 6.77. The van der Waals surface area contributed by atoms with Crippen molar-refractivity contribution in [3.8, 4) is 0 Å². The molecule has 0 aliphatic heterocycles. The smallest absolute Gasteiger partial charge is 0.113 e. The van der Waals surface area contributed by atoms with Crippen LogP contribution in [0, 0.1) is 0 Å². The van der Waals surface area contributed by atoms with Crippen LogP contribution >= 0.6 is 15.9 Å². The Morgan fingerprint density at radius 3 is 2.57 bits per heavy atom. The lowest BCUT2D eigenvalue weighted by Gasteiger charge is -2.02. The molecular weight excluding hydrogens is 240 g/mol. The van der Waals surface area contributed by atoms with Gasteiger partial charge in [0.05, 0.1) is 6.20 Å². The Bertz CT molecular complexity index is 420. The molecule has 0 aliphatic carbocycles. The van der Waals surface area contributed by atoms with E-state index in [1.807, 2.05) is 36.0 Å². The molecule has 3 heteroatoms. The largest absolute Gasteiger partial charge is 0.326 e. The van der Waals surface area contributed by atoms with Crippen LogP contribution in [0.25, 0.3) is 0 Å². The standard InChI is InChI=1S/C11H11BrN2/c1-14-10(12)8-13-11(14)7-9-5-3-2-4-6-9/h2-6,8H,7H2,1H3. The average Bonchev–Trinajstić information content (AvgIpc) is 2.52. The number of rotatable bonds is 2. The van der Waals surface area contributed by atoms with E-state index >= 15 is 0 Å². The molecule has 72 valence electrons. The Kier molecular flexibility index (Phi) is 2.68. The molecule has 1 heterocycles. The molecule has 0 saturated heterocycles. The summed E-state index contributed by atoms with van der Waals surface area (Å²) in [5, 5.41) is 0. The summed E-state index contributed by atoms with van der Waals surface area (Å²) in [5.74, 6) is 1.07. The van der Waals surface area contributed by atoms with Gasteiger partial charge in [-0.25, -0.2) is 4.98 Å². The first-order valence-corrected chi connectivity index (χ1v) is 5.26. The zero-order valence-corrected chi connectivity index (χ0v) is 9.53. The predicted octanol–water partition coefficient (Wildman–Crippen LogP) is 2.77. The van der Waals surface area contributed by atoms with E-state index in [0.29, 0.717) is 0 Å². The predicted molar refractivity (Wildman–Crippen MR) is 60.2 cm³/mol. The van der Waals surface area contributed by atoms with Crippen molar-refractivity contribution in [2.24, 2.45) is 7.05 Å². The van der Waals surface area contributed by atoms with Gasteiger partial charge in [0.1, 0.15) is 10.4 Å². The fraction of sp³-hybridized carbons (Fsp3) is 0.182. The third kappa shape index (κ3) is 1.87. The lowest BCUT2D eigenvalue weighted by Crippen LogP contribution is -1.99. The van der Waals surface area contributed by atoms with Gasteiger partial charge in [-0.3, -0.25) is 0 Å². The molecule has 0 radical (unpaired) electrons. The highest BCUT2D eigenvalue weighted by atomic mass is 79.9. The van der Waals surface area contributed by atoms with E-state index < -0.39 is 0 Å². The Morgan fingerprint density at radius 2 is 2.00 bits per heavy atom. The maximum absolute atomic E-state index is 4.33. The van der Waals surface area contributed by atoms with E-state index in [-0.39, 0.29) is 0 Å². The number of hydrogen-bond acceptors (Lipinski definition) is 1. The van der Waals surface area contributed by atoms with Gasteiger partial charge in [0.2, 0.25) is 0 Å². The number of hydrogen-bond donors (Lipinski definition) is 0. The van der Waals surface area contributed by atoms with Crippen molar-refractivity contribution in [3.63, 3.8) is 0 Å². The quantitative estimate of drug-likeness (QED) is 0.802. The monoisotopic (exact) mass is 250 g/mol. The number of nitrogens with zero attached hydrogens (tertiary/aromatic N) is 2. The second-order valence-corrected chi connectivity index (χ2v) is 4.03. The normalized spacial score (nSPS) is 10.4. The third-order valence-corrected chi connectivity index (χ3v) is 2.97. The van der Waals surface area contributed by atoms with Crippen molar-refractivity contribution in [3.05, 3.63) is 52.5 Å². The fourth-order valence-electron chi connectivity index (χ4n) is 1.37. The van der Waals surface area contributed by atoms with Gasteiger partial charge in [-0.1, -0.05) is 30.3 Å². The van der Waals surface area contributed by atoms with Gasteiger partial charge in [-0.05, 0) is 21.5 Å². The van der Waals surface area contributed by atoms with Crippen LogP contribution in [0.1, 0.15) is 11.4 Å². The zero-order chi connectivity index (χ0) is 9.97. The lowest BCUT2D eigenvalue weighted by molar-refractivity contribution is 0.807. The summed E-state index contributed by atoms with van der Waals surface area (Å²) in [6, 6.07) is 10.4. The molecule has 2 rings (SSSR count). The summed E-state index contributed by atoms with van der Waals surface area (Å²) in [7, 11) is 2.01. The van der Waals surface area contributed by atoms with Crippen LogP contribution < -0.4 is 0 Å². The maximum atomic E-state index is 4.33. The second kappa shape index (κ2) is 3.96. The van der Waals surface area contributed by atoms with Crippen LogP contribution in [-0.2, 0) is 13.5 Å². The van der Waals surface area contributed by atoms with Crippen LogP contribution in [0.4, 0.5) is 0 Å². The van der Waals surface area contributed by atoms with Crippen LogP contribution in [-0.4, -0.2) is 9.55 Å². The summed E-state index contributed by atoms with van der Waals surface area (Å²) in [4.78, 5) is 4.33. The molecule has 0 spiro atoms. The first-order valence-electron chi connectivity index (χ1n) is 4.47. The summed E-state index contributed by atoms with van der Waals surface area (Å²) < 4.78 is 3.07. The highest BCUT2D eigenvalue weighted by molar-refractivity contribution is 9.10. The molecule has 0 amide bonds. The van der Waals surface area contributed by atoms with Gasteiger partial charge in [0.15, 0.2) is 0 Å². The Labute approximate surface area is 91.7 Å². The molecule has 0 atom stereocenters. The van der Waals surface area contributed by atoms with Gasteiger partial charge in [0, 0.05) is 13.5 Å². The molecule has 0 aliphatic rings. The van der Waals surface area contributed by atoms with Crippen LogP contribution in [0.3, 0.4) is 0 Å². The minimum Gasteiger partial charge on any atom is -0.326 e. The lowest BCUT2D eigenvalue weighted by atomic mass is 10.1. The van der Waals surface area contributed by atoms with Crippen LogP contribution in [0.5, 0.6) is 0 Å². The number of aromatic nitrogens is 2. The van der Waals surface area contributed by atoms with Crippen molar-refractivity contribution in [2.75, 3.05) is 0 Å². The summed E-state index contributed by atoms with van der Waals surface area (Å²) in [6.45, 7) is 0. The van der Waals surface area contributed by atoms with Crippen molar-refractivity contribution in [1.82, 2.24) is 9.55 Å². The van der Waals surface area contributed by atoms with Crippen molar-refractivity contribution >= 4 is 15.9 Å². The molecule has 14 heavy (non-hydrogen) atoms. The summed E-state index contributed by atoms with van der Waals surface area (Å²) in [6.07, 6.45) is 2.71. The van der Waals surface area contributed by atoms with Gasteiger partial charge >= 0.3 is 0 Å². The maximum Gasteiger partial charge on any atom is 0.113 e. The van der Waals surface area contributed by atoms with Crippen LogP contribution in [0.15, 0.2) is 41.1 Å². The van der Waals surface area contributed by atoms with Gasteiger partial charge in [0.25, 0.3) is 0 Å². The van der Waals surface area contributed by atoms with E-state index in [2.05, 4.69) is 33.0 Å². The van der Waals surface area contributed by atoms with Crippen molar-refractivity contribution in [2.45, 2.75) is 6.42 Å². The molecule has 0 saturated carbocycles. The van der Waals surface area contributed by atoms with Crippen LogP contribution in [0.2, 0.25) is 0 Å². The molecule has 0 N–H and O–H groups in total. The van der Waals surface area contributed by atoms with Gasteiger partial charge in [-0.15, -0.1) is 0 Å². The summed E-state index contributed by atoms with van der Waals surface area (Å²) in [5.41, 5.74) is 1.29. The van der Waals surface area contributed by atoms with E-state index in [0.717, 1.165) is 16.8 Å². The van der Waals surface area contributed by atoms with E-state index in [1.165, 1.54) is 5.56 Å². The highest BCUT2D eigenvalue weighted by Gasteiger charge is 2.03. The SMILES string of the molecule is Cn1c(Br)cnc1Cc1ccccc1. The van der Waals surface area contributed by atoms with Gasteiger partial charge in [-0.2, -0.15) is 0 Å².